The Bertz CT molecular complexity index is 959. The van der Waals surface area contributed by atoms with E-state index in [-0.39, 0.29) is 0 Å². The first-order chi connectivity index (χ1) is 11.8. The summed E-state index contributed by atoms with van der Waals surface area (Å²) in [5.74, 6) is 1.58. The summed E-state index contributed by atoms with van der Waals surface area (Å²) >= 11 is 0. The lowest BCUT2D eigenvalue weighted by Gasteiger charge is -2.09. The number of benzene rings is 2. The van der Waals surface area contributed by atoms with E-state index >= 15 is 0 Å². The van der Waals surface area contributed by atoms with Crippen LogP contribution in [0.25, 0.3) is 22.4 Å². The lowest BCUT2D eigenvalue weighted by atomic mass is 10.2. The number of aryl methyl sites for hydroxylation is 1. The van der Waals surface area contributed by atoms with E-state index in [0.717, 1.165) is 40.5 Å². The van der Waals surface area contributed by atoms with Gasteiger partial charge in [-0.15, -0.1) is 0 Å². The average molecular weight is 314 g/mol. The Balaban J connectivity index is 1.75. The normalized spacial score (nSPS) is 10.9. The Morgan fingerprint density at radius 3 is 2.38 bits per heavy atom. The van der Waals surface area contributed by atoms with Crippen molar-refractivity contribution in [3.63, 3.8) is 0 Å². The molecule has 2 N–H and O–H groups in total. The predicted molar refractivity (Wildman–Crippen MR) is 97.8 cm³/mol. The minimum atomic E-state index is 0.723. The SMILES string of the molecule is Cc1cc2c(NCc3ccccc3)nc(-c3ccccc3)nc2[nH]1. The van der Waals surface area contributed by atoms with Crippen LogP contribution in [-0.4, -0.2) is 15.0 Å². The number of aromatic amines is 1. The summed E-state index contributed by atoms with van der Waals surface area (Å²) in [5.41, 5.74) is 4.16. The Kier molecular flexibility index (Phi) is 3.71. The van der Waals surface area contributed by atoms with Crippen molar-refractivity contribution < 1.29 is 0 Å². The third-order valence-corrected chi connectivity index (χ3v) is 3.96. The van der Waals surface area contributed by atoms with E-state index < -0.39 is 0 Å². The van der Waals surface area contributed by atoms with Crippen molar-refractivity contribution >= 4 is 16.9 Å². The third-order valence-electron chi connectivity index (χ3n) is 3.96. The van der Waals surface area contributed by atoms with Gasteiger partial charge in [-0.2, -0.15) is 0 Å². The number of nitrogens with one attached hydrogen (secondary N) is 2. The highest BCUT2D eigenvalue weighted by atomic mass is 15.1. The molecule has 118 valence electrons. The molecule has 0 aliphatic carbocycles. The van der Waals surface area contributed by atoms with E-state index in [2.05, 4.69) is 33.5 Å². The summed E-state index contributed by atoms with van der Waals surface area (Å²) in [6.45, 7) is 2.76. The highest BCUT2D eigenvalue weighted by Crippen LogP contribution is 2.25. The highest BCUT2D eigenvalue weighted by molar-refractivity contribution is 5.89. The molecule has 0 radical (unpaired) electrons. The average Bonchev–Trinajstić information content (AvgIpc) is 3.01. The molecule has 0 saturated carbocycles. The van der Waals surface area contributed by atoms with Crippen molar-refractivity contribution in [1.82, 2.24) is 15.0 Å². The monoisotopic (exact) mass is 314 g/mol. The molecule has 4 aromatic rings. The van der Waals surface area contributed by atoms with Gasteiger partial charge in [0.05, 0.1) is 5.39 Å². The first kappa shape index (κ1) is 14.5. The molecule has 4 heteroatoms. The van der Waals surface area contributed by atoms with Crippen LogP contribution in [-0.2, 0) is 6.54 Å². The van der Waals surface area contributed by atoms with Crippen LogP contribution < -0.4 is 5.32 Å². The van der Waals surface area contributed by atoms with Crippen molar-refractivity contribution in [3.8, 4) is 11.4 Å². The number of nitrogens with zero attached hydrogens (tertiary/aromatic N) is 2. The first-order valence-corrected chi connectivity index (χ1v) is 8.00. The van der Waals surface area contributed by atoms with Gasteiger partial charge in [0.25, 0.3) is 0 Å². The molecule has 4 nitrogen and oxygen atoms in total. The predicted octanol–water partition coefficient (Wildman–Crippen LogP) is 4.55. The molecule has 0 saturated heterocycles. The summed E-state index contributed by atoms with van der Waals surface area (Å²) in [4.78, 5) is 12.7. The van der Waals surface area contributed by atoms with Gasteiger partial charge in [0.2, 0.25) is 0 Å². The zero-order valence-electron chi connectivity index (χ0n) is 13.5. The summed E-state index contributed by atoms with van der Waals surface area (Å²) in [6.07, 6.45) is 0. The van der Waals surface area contributed by atoms with Gasteiger partial charge in [-0.25, -0.2) is 9.97 Å². The third kappa shape index (κ3) is 2.86. The lowest BCUT2D eigenvalue weighted by molar-refractivity contribution is 1.10. The van der Waals surface area contributed by atoms with Gasteiger partial charge in [-0.1, -0.05) is 60.7 Å². The van der Waals surface area contributed by atoms with Crippen molar-refractivity contribution in [3.05, 3.63) is 78.0 Å². The molecule has 0 atom stereocenters. The fourth-order valence-electron chi connectivity index (χ4n) is 2.77. The molecule has 4 rings (SSSR count). The molecule has 2 aromatic heterocycles. The molecule has 2 heterocycles. The summed E-state index contributed by atoms with van der Waals surface area (Å²) in [5, 5.41) is 4.47. The first-order valence-electron chi connectivity index (χ1n) is 8.00. The largest absolute Gasteiger partial charge is 0.365 e. The lowest BCUT2D eigenvalue weighted by Crippen LogP contribution is -2.03. The molecule has 0 spiro atoms. The number of rotatable bonds is 4. The van der Waals surface area contributed by atoms with Crippen LogP contribution in [0.5, 0.6) is 0 Å². The fourth-order valence-corrected chi connectivity index (χ4v) is 2.77. The Labute approximate surface area is 140 Å². The van der Waals surface area contributed by atoms with Gasteiger partial charge >= 0.3 is 0 Å². The quantitative estimate of drug-likeness (QED) is 0.581. The molecule has 0 amide bonds. The number of hydrogen-bond acceptors (Lipinski definition) is 3. The van der Waals surface area contributed by atoms with Crippen LogP contribution in [0.3, 0.4) is 0 Å². The Morgan fingerprint density at radius 1 is 0.917 bits per heavy atom. The second kappa shape index (κ2) is 6.16. The van der Waals surface area contributed by atoms with E-state index in [1.165, 1.54) is 5.56 Å². The molecule has 0 aliphatic rings. The Hall–Kier alpha value is -3.14. The minimum Gasteiger partial charge on any atom is -0.365 e. The van der Waals surface area contributed by atoms with Gasteiger partial charge in [-0.05, 0) is 18.6 Å². The summed E-state index contributed by atoms with van der Waals surface area (Å²) < 4.78 is 0. The minimum absolute atomic E-state index is 0.723. The zero-order valence-corrected chi connectivity index (χ0v) is 13.5. The van der Waals surface area contributed by atoms with E-state index in [9.17, 15) is 0 Å². The maximum Gasteiger partial charge on any atom is 0.163 e. The van der Waals surface area contributed by atoms with Crippen LogP contribution in [0.2, 0.25) is 0 Å². The highest BCUT2D eigenvalue weighted by Gasteiger charge is 2.11. The van der Waals surface area contributed by atoms with Crippen molar-refractivity contribution in [2.24, 2.45) is 0 Å². The van der Waals surface area contributed by atoms with Gasteiger partial charge in [0, 0.05) is 17.8 Å². The maximum absolute atomic E-state index is 4.76. The van der Waals surface area contributed by atoms with Crippen LogP contribution in [0, 0.1) is 6.92 Å². The van der Waals surface area contributed by atoms with Crippen LogP contribution >= 0.6 is 0 Å². The topological polar surface area (TPSA) is 53.6 Å². The molecule has 0 fully saturated rings. The molecule has 24 heavy (non-hydrogen) atoms. The number of hydrogen-bond donors (Lipinski definition) is 2. The second-order valence-corrected chi connectivity index (χ2v) is 5.82. The van der Waals surface area contributed by atoms with E-state index in [1.54, 1.807) is 0 Å². The standard InChI is InChI=1S/C20H18N4/c1-14-12-17-19(21-13-15-8-4-2-5-9-15)23-18(24-20(17)22-14)16-10-6-3-7-11-16/h2-12H,13H2,1H3,(H2,21,22,23,24). The van der Waals surface area contributed by atoms with E-state index in [1.807, 2.05) is 55.5 Å². The molecular weight excluding hydrogens is 296 g/mol. The van der Waals surface area contributed by atoms with Gasteiger partial charge in [-0.3, -0.25) is 0 Å². The number of anilines is 1. The number of aromatic nitrogens is 3. The van der Waals surface area contributed by atoms with Crippen molar-refractivity contribution in [1.29, 1.82) is 0 Å². The fraction of sp³-hybridized carbons (Fsp3) is 0.100. The van der Waals surface area contributed by atoms with Crippen molar-refractivity contribution in [2.75, 3.05) is 5.32 Å². The van der Waals surface area contributed by atoms with Gasteiger partial charge < -0.3 is 10.3 Å². The summed E-state index contributed by atoms with van der Waals surface area (Å²) in [7, 11) is 0. The van der Waals surface area contributed by atoms with Crippen molar-refractivity contribution in [2.45, 2.75) is 13.5 Å². The molecule has 0 unspecified atom stereocenters. The number of H-pyrrole nitrogens is 1. The Morgan fingerprint density at radius 2 is 1.62 bits per heavy atom. The molecule has 0 aliphatic heterocycles. The van der Waals surface area contributed by atoms with Crippen LogP contribution in [0.1, 0.15) is 11.3 Å². The van der Waals surface area contributed by atoms with Crippen LogP contribution in [0.15, 0.2) is 66.7 Å². The van der Waals surface area contributed by atoms with Crippen LogP contribution in [0.4, 0.5) is 5.82 Å². The molecule has 2 aromatic carbocycles. The van der Waals surface area contributed by atoms with E-state index in [4.69, 9.17) is 4.98 Å². The summed E-state index contributed by atoms with van der Waals surface area (Å²) in [6, 6.07) is 22.4. The van der Waals surface area contributed by atoms with Gasteiger partial charge in [0.1, 0.15) is 11.5 Å². The molecule has 0 bridgehead atoms. The zero-order chi connectivity index (χ0) is 16.4. The van der Waals surface area contributed by atoms with E-state index in [0.29, 0.717) is 0 Å². The number of fused-ring (bicyclic) bond motifs is 1. The van der Waals surface area contributed by atoms with Gasteiger partial charge in [0.15, 0.2) is 5.82 Å². The maximum atomic E-state index is 4.76. The smallest absolute Gasteiger partial charge is 0.163 e. The molecular formula is C20H18N4. The second-order valence-electron chi connectivity index (χ2n) is 5.82.